The summed E-state index contributed by atoms with van der Waals surface area (Å²) in [6.07, 6.45) is 0. The van der Waals surface area contributed by atoms with Gasteiger partial charge in [-0.1, -0.05) is 30.3 Å². The van der Waals surface area contributed by atoms with Crippen molar-refractivity contribution < 1.29 is 18.4 Å². The van der Waals surface area contributed by atoms with Gasteiger partial charge in [-0.2, -0.15) is 0 Å². The van der Waals surface area contributed by atoms with Crippen LogP contribution in [-0.4, -0.2) is 18.4 Å². The van der Waals surface area contributed by atoms with Crippen LogP contribution in [0.15, 0.2) is 51.3 Å². The Labute approximate surface area is 163 Å². The second kappa shape index (κ2) is 8.17. The van der Waals surface area contributed by atoms with E-state index in [1.54, 1.807) is 39.8 Å². The third-order valence-electron chi connectivity index (χ3n) is 4.55. The summed E-state index contributed by atoms with van der Waals surface area (Å²) < 4.78 is 10.9. The summed E-state index contributed by atoms with van der Waals surface area (Å²) in [5.41, 5.74) is 1.89. The fourth-order valence-corrected chi connectivity index (χ4v) is 3.18. The SMILES string of the molecule is Cc1cc(C(=O)NCC(NC(=O)c2cc(C)oc2C)c2ccccc2)c(C)o1. The zero-order chi connectivity index (χ0) is 20.3. The van der Waals surface area contributed by atoms with Crippen LogP contribution in [0.5, 0.6) is 0 Å². The molecule has 2 amide bonds. The number of carbonyl (C=O) groups excluding carboxylic acids is 2. The van der Waals surface area contributed by atoms with Gasteiger partial charge in [-0.05, 0) is 45.4 Å². The molecule has 0 saturated carbocycles. The van der Waals surface area contributed by atoms with Crippen LogP contribution in [0.25, 0.3) is 0 Å². The number of hydrogen-bond donors (Lipinski definition) is 2. The van der Waals surface area contributed by atoms with Gasteiger partial charge in [0.25, 0.3) is 11.8 Å². The lowest BCUT2D eigenvalue weighted by Gasteiger charge is -2.20. The molecule has 0 fully saturated rings. The summed E-state index contributed by atoms with van der Waals surface area (Å²) >= 11 is 0. The standard InChI is InChI=1S/C22H24N2O4/c1-13-10-18(15(3)27-13)21(25)23-12-20(17-8-6-5-7-9-17)24-22(26)19-11-14(2)28-16(19)4/h5-11,20H,12H2,1-4H3,(H,23,25)(H,24,26). The molecule has 1 atom stereocenters. The van der Waals surface area contributed by atoms with E-state index in [9.17, 15) is 9.59 Å². The third kappa shape index (κ3) is 4.34. The zero-order valence-electron chi connectivity index (χ0n) is 16.5. The number of nitrogens with one attached hydrogen (secondary N) is 2. The Balaban J connectivity index is 1.76. The number of hydrogen-bond acceptors (Lipinski definition) is 4. The van der Waals surface area contributed by atoms with Gasteiger partial charge in [-0.15, -0.1) is 0 Å². The Kier molecular flexibility index (Phi) is 5.68. The summed E-state index contributed by atoms with van der Waals surface area (Å²) in [6.45, 7) is 7.35. The van der Waals surface area contributed by atoms with E-state index in [1.165, 1.54) is 0 Å². The van der Waals surface area contributed by atoms with Gasteiger partial charge in [0.15, 0.2) is 0 Å². The molecule has 2 aromatic heterocycles. The average Bonchev–Trinajstić information content (AvgIpc) is 3.19. The van der Waals surface area contributed by atoms with Crippen molar-refractivity contribution in [3.05, 3.63) is 82.2 Å². The molecule has 0 aliphatic heterocycles. The molecule has 0 bridgehead atoms. The van der Waals surface area contributed by atoms with Crippen LogP contribution in [0.4, 0.5) is 0 Å². The summed E-state index contributed by atoms with van der Waals surface area (Å²) in [5, 5.41) is 5.88. The van der Waals surface area contributed by atoms with Crippen LogP contribution in [0, 0.1) is 27.7 Å². The quantitative estimate of drug-likeness (QED) is 0.677. The van der Waals surface area contributed by atoms with Crippen molar-refractivity contribution in [3.8, 4) is 0 Å². The molecule has 0 radical (unpaired) electrons. The number of amides is 2. The molecule has 0 saturated heterocycles. The van der Waals surface area contributed by atoms with Crippen LogP contribution < -0.4 is 10.6 Å². The molecule has 2 heterocycles. The Bertz CT molecular complexity index is 985. The number of aryl methyl sites for hydroxylation is 4. The fourth-order valence-electron chi connectivity index (χ4n) is 3.18. The molecule has 2 N–H and O–H groups in total. The molecule has 6 nitrogen and oxygen atoms in total. The maximum atomic E-state index is 12.7. The smallest absolute Gasteiger partial charge is 0.255 e. The van der Waals surface area contributed by atoms with Gasteiger partial charge in [0, 0.05) is 6.54 Å². The topological polar surface area (TPSA) is 84.5 Å². The summed E-state index contributed by atoms with van der Waals surface area (Å²) in [6, 6.07) is 12.6. The predicted molar refractivity (Wildman–Crippen MR) is 105 cm³/mol. The van der Waals surface area contributed by atoms with Crippen molar-refractivity contribution in [1.82, 2.24) is 10.6 Å². The van der Waals surface area contributed by atoms with Crippen molar-refractivity contribution in [2.75, 3.05) is 6.54 Å². The van der Waals surface area contributed by atoms with Crippen LogP contribution in [0.1, 0.15) is 55.4 Å². The lowest BCUT2D eigenvalue weighted by molar-refractivity contribution is 0.0906. The van der Waals surface area contributed by atoms with E-state index in [0.717, 1.165) is 5.56 Å². The molecule has 0 aliphatic rings. The van der Waals surface area contributed by atoms with Gasteiger partial charge in [0.2, 0.25) is 0 Å². The van der Waals surface area contributed by atoms with Crippen molar-refractivity contribution in [2.24, 2.45) is 0 Å². The van der Waals surface area contributed by atoms with E-state index in [4.69, 9.17) is 8.83 Å². The largest absolute Gasteiger partial charge is 0.466 e. The normalized spacial score (nSPS) is 11.9. The van der Waals surface area contributed by atoms with Crippen LogP contribution in [0.3, 0.4) is 0 Å². The molecule has 0 aliphatic carbocycles. The second-order valence-corrected chi connectivity index (χ2v) is 6.80. The Morgan fingerprint density at radius 2 is 1.39 bits per heavy atom. The average molecular weight is 380 g/mol. The first-order chi connectivity index (χ1) is 13.3. The highest BCUT2D eigenvalue weighted by atomic mass is 16.3. The summed E-state index contributed by atoms with van der Waals surface area (Å²) in [4.78, 5) is 25.3. The van der Waals surface area contributed by atoms with Crippen LogP contribution in [0.2, 0.25) is 0 Å². The van der Waals surface area contributed by atoms with Crippen LogP contribution in [-0.2, 0) is 0 Å². The highest BCUT2D eigenvalue weighted by Gasteiger charge is 2.21. The number of furan rings is 2. The van der Waals surface area contributed by atoms with E-state index >= 15 is 0 Å². The Hall–Kier alpha value is -3.28. The van der Waals surface area contributed by atoms with Crippen molar-refractivity contribution in [2.45, 2.75) is 33.7 Å². The van der Waals surface area contributed by atoms with Crippen molar-refractivity contribution in [1.29, 1.82) is 0 Å². The van der Waals surface area contributed by atoms with E-state index in [-0.39, 0.29) is 24.4 Å². The summed E-state index contributed by atoms with van der Waals surface area (Å²) in [7, 11) is 0. The molecular weight excluding hydrogens is 356 g/mol. The first-order valence-electron chi connectivity index (χ1n) is 9.13. The minimum absolute atomic E-state index is 0.236. The highest BCUT2D eigenvalue weighted by Crippen LogP contribution is 2.18. The molecule has 1 unspecified atom stereocenters. The maximum absolute atomic E-state index is 12.7. The van der Waals surface area contributed by atoms with E-state index < -0.39 is 0 Å². The van der Waals surface area contributed by atoms with Crippen molar-refractivity contribution >= 4 is 11.8 Å². The second-order valence-electron chi connectivity index (χ2n) is 6.80. The first-order valence-corrected chi connectivity index (χ1v) is 9.13. The maximum Gasteiger partial charge on any atom is 0.255 e. The van der Waals surface area contributed by atoms with Crippen LogP contribution >= 0.6 is 0 Å². The Morgan fingerprint density at radius 1 is 0.857 bits per heavy atom. The highest BCUT2D eigenvalue weighted by molar-refractivity contribution is 5.96. The molecule has 3 aromatic rings. The monoisotopic (exact) mass is 380 g/mol. The molecule has 1 aromatic carbocycles. The fraction of sp³-hybridized carbons (Fsp3) is 0.273. The van der Waals surface area contributed by atoms with Gasteiger partial charge in [-0.25, -0.2) is 0 Å². The van der Waals surface area contributed by atoms with Gasteiger partial charge in [0.1, 0.15) is 23.0 Å². The molecular formula is C22H24N2O4. The van der Waals surface area contributed by atoms with E-state index in [0.29, 0.717) is 34.2 Å². The molecule has 0 spiro atoms. The number of benzene rings is 1. The number of carbonyl (C=O) groups is 2. The Morgan fingerprint density at radius 3 is 1.89 bits per heavy atom. The van der Waals surface area contributed by atoms with Gasteiger partial charge in [0.05, 0.1) is 17.2 Å². The molecule has 6 heteroatoms. The van der Waals surface area contributed by atoms with Gasteiger partial charge in [-0.3, -0.25) is 9.59 Å². The summed E-state index contributed by atoms with van der Waals surface area (Å²) in [5.74, 6) is 2.02. The molecule has 28 heavy (non-hydrogen) atoms. The number of rotatable bonds is 6. The minimum Gasteiger partial charge on any atom is -0.466 e. The van der Waals surface area contributed by atoms with Gasteiger partial charge < -0.3 is 19.5 Å². The molecule has 146 valence electrons. The third-order valence-corrected chi connectivity index (χ3v) is 4.55. The van der Waals surface area contributed by atoms with E-state index in [1.807, 2.05) is 30.3 Å². The zero-order valence-corrected chi connectivity index (χ0v) is 16.5. The minimum atomic E-state index is -0.388. The molecule has 3 rings (SSSR count). The lowest BCUT2D eigenvalue weighted by Crippen LogP contribution is -2.38. The van der Waals surface area contributed by atoms with E-state index in [2.05, 4.69) is 10.6 Å². The first kappa shape index (κ1) is 19.5. The predicted octanol–water partition coefficient (Wildman–Crippen LogP) is 4.01. The van der Waals surface area contributed by atoms with Gasteiger partial charge >= 0.3 is 0 Å². The van der Waals surface area contributed by atoms with Crippen molar-refractivity contribution in [3.63, 3.8) is 0 Å². The lowest BCUT2D eigenvalue weighted by atomic mass is 10.1.